The fourth-order valence-corrected chi connectivity index (χ4v) is 3.39. The van der Waals surface area contributed by atoms with Crippen LogP contribution in [0.4, 0.5) is 26.3 Å². The van der Waals surface area contributed by atoms with Crippen LogP contribution in [0.25, 0.3) is 10.9 Å². The van der Waals surface area contributed by atoms with Crippen LogP contribution < -0.4 is 4.85 Å². The van der Waals surface area contributed by atoms with Crippen LogP contribution in [0.2, 0.25) is 5.02 Å². The van der Waals surface area contributed by atoms with E-state index in [1.807, 2.05) is 0 Å². The molecule has 0 aliphatic carbocycles. The van der Waals surface area contributed by atoms with E-state index in [2.05, 4.69) is 4.74 Å². The van der Waals surface area contributed by atoms with Crippen molar-refractivity contribution in [1.29, 1.82) is 0 Å². The van der Waals surface area contributed by atoms with E-state index >= 15 is 0 Å². The van der Waals surface area contributed by atoms with E-state index in [-0.39, 0.29) is 27.3 Å². The molecule has 6 nitrogen and oxygen atoms in total. The zero-order valence-corrected chi connectivity index (χ0v) is 17.3. The summed E-state index contributed by atoms with van der Waals surface area (Å²) < 4.78 is 81.6. The van der Waals surface area contributed by atoms with E-state index in [1.54, 1.807) is 6.92 Å². The second-order valence-electron chi connectivity index (χ2n) is 6.74. The third-order valence-electron chi connectivity index (χ3n) is 4.63. The monoisotopic (exact) mass is 494 g/mol. The van der Waals surface area contributed by atoms with E-state index < -0.39 is 47.0 Å². The molecule has 176 valence electrons. The van der Waals surface area contributed by atoms with Gasteiger partial charge in [-0.3, -0.25) is 4.79 Å². The van der Waals surface area contributed by atoms with Crippen LogP contribution in [-0.4, -0.2) is 34.9 Å². The molecule has 0 saturated heterocycles. The van der Waals surface area contributed by atoms with Crippen molar-refractivity contribution < 1.29 is 45.5 Å². The Balaban J connectivity index is 2.10. The molecule has 0 aliphatic heterocycles. The van der Waals surface area contributed by atoms with Crippen molar-refractivity contribution in [3.63, 3.8) is 0 Å². The van der Waals surface area contributed by atoms with Gasteiger partial charge in [-0.05, 0) is 37.3 Å². The summed E-state index contributed by atoms with van der Waals surface area (Å²) >= 11 is 5.94. The SMILES string of the molecule is CCn1c2cc(Cl)ccc2c(C(=O)c2ccccc2C(=O)OC(C(F)(F)F)C(F)(F)F)[n+]1[O-]. The van der Waals surface area contributed by atoms with Gasteiger partial charge in [-0.25, -0.2) is 4.79 Å². The zero-order valence-electron chi connectivity index (χ0n) is 16.5. The van der Waals surface area contributed by atoms with E-state index in [9.17, 15) is 41.1 Å². The molecular weight excluding hydrogens is 482 g/mol. The normalized spacial score (nSPS) is 12.4. The van der Waals surface area contributed by atoms with Gasteiger partial charge in [0.15, 0.2) is 0 Å². The molecule has 2 aromatic carbocycles. The van der Waals surface area contributed by atoms with E-state index in [4.69, 9.17) is 11.6 Å². The molecule has 0 radical (unpaired) electrons. The Labute approximate surface area is 186 Å². The highest BCUT2D eigenvalue weighted by atomic mass is 35.5. The Hall–Kier alpha value is -3.28. The van der Waals surface area contributed by atoms with Gasteiger partial charge in [0.25, 0.3) is 17.6 Å². The summed E-state index contributed by atoms with van der Waals surface area (Å²) in [6.45, 7) is 1.71. The van der Waals surface area contributed by atoms with Gasteiger partial charge >= 0.3 is 18.3 Å². The fraction of sp³-hybridized carbons (Fsp3) is 0.250. The molecule has 0 atom stereocenters. The number of ether oxygens (including phenoxy) is 1. The average molecular weight is 495 g/mol. The highest BCUT2D eigenvalue weighted by molar-refractivity contribution is 6.31. The number of carbonyl (C=O) groups is 2. The Kier molecular flexibility index (Phi) is 6.33. The highest BCUT2D eigenvalue weighted by Gasteiger charge is 2.60. The van der Waals surface area contributed by atoms with Crippen molar-refractivity contribution in [1.82, 2.24) is 4.68 Å². The lowest BCUT2D eigenvalue weighted by atomic mass is 10.00. The molecule has 33 heavy (non-hydrogen) atoms. The number of aromatic nitrogens is 2. The number of aryl methyl sites for hydroxylation is 1. The quantitative estimate of drug-likeness (QED) is 0.167. The molecule has 0 aliphatic rings. The molecule has 13 heteroatoms. The molecule has 3 aromatic rings. The molecule has 1 heterocycles. The maximum absolute atomic E-state index is 13.2. The molecule has 0 amide bonds. The first-order valence-electron chi connectivity index (χ1n) is 9.17. The van der Waals surface area contributed by atoms with Gasteiger partial charge in [0, 0.05) is 10.6 Å². The summed E-state index contributed by atoms with van der Waals surface area (Å²) in [5.41, 5.74) is -1.71. The van der Waals surface area contributed by atoms with Crippen LogP contribution >= 0.6 is 11.6 Å². The number of carbonyl (C=O) groups excluding carboxylic acids is 2. The van der Waals surface area contributed by atoms with Gasteiger partial charge in [0.2, 0.25) is 0 Å². The maximum atomic E-state index is 13.2. The molecule has 0 spiro atoms. The first-order chi connectivity index (χ1) is 15.3. The standard InChI is InChI=1S/C20H13ClF6N2O4/c1-2-28-14-9-10(21)7-8-13(14)15(29(28)32)16(30)11-5-3-4-6-12(11)17(31)33-18(19(22,23)24)20(25,26)27/h3-9,18H,2H2,1H3. The lowest BCUT2D eigenvalue weighted by molar-refractivity contribution is -0.692. The second kappa shape index (κ2) is 8.58. The third-order valence-corrected chi connectivity index (χ3v) is 4.86. The van der Waals surface area contributed by atoms with Gasteiger partial charge in [-0.1, -0.05) is 28.6 Å². The first kappa shape index (κ1) is 24.4. The van der Waals surface area contributed by atoms with Gasteiger partial charge in [-0.2, -0.15) is 26.3 Å². The summed E-state index contributed by atoms with van der Waals surface area (Å²) in [4.78, 5) is 25.7. The lowest BCUT2D eigenvalue weighted by Crippen LogP contribution is -2.45. The average Bonchev–Trinajstić information content (AvgIpc) is 2.99. The van der Waals surface area contributed by atoms with Crippen molar-refractivity contribution in [3.8, 4) is 0 Å². The third kappa shape index (κ3) is 4.61. The highest BCUT2D eigenvalue weighted by Crippen LogP contribution is 2.36. The van der Waals surface area contributed by atoms with Crippen LogP contribution in [0.5, 0.6) is 0 Å². The molecule has 1 aromatic heterocycles. The summed E-state index contributed by atoms with van der Waals surface area (Å²) in [6, 6.07) is 8.30. The van der Waals surface area contributed by atoms with E-state index in [1.165, 1.54) is 24.3 Å². The first-order valence-corrected chi connectivity index (χ1v) is 9.54. The fourth-order valence-electron chi connectivity index (χ4n) is 3.22. The van der Waals surface area contributed by atoms with Gasteiger partial charge in [-0.15, -0.1) is 4.68 Å². The minimum absolute atomic E-state index is 0.107. The number of nitrogens with zero attached hydrogens (tertiary/aromatic N) is 2. The minimum Gasteiger partial charge on any atom is -0.595 e. The van der Waals surface area contributed by atoms with Crippen LogP contribution in [0, 0.1) is 5.21 Å². The number of esters is 1. The van der Waals surface area contributed by atoms with Crippen molar-refractivity contribution in [2.24, 2.45) is 0 Å². The number of benzene rings is 2. The van der Waals surface area contributed by atoms with Gasteiger partial charge < -0.3 is 9.94 Å². The molecule has 3 rings (SSSR count). The zero-order chi connectivity index (χ0) is 24.7. The Morgan fingerprint density at radius 2 is 1.64 bits per heavy atom. The number of rotatable bonds is 5. The molecule has 0 N–H and O–H groups in total. The summed E-state index contributed by atoms with van der Waals surface area (Å²) in [5, 5.41) is 13.1. The number of halogens is 7. The maximum Gasteiger partial charge on any atom is 0.434 e. The van der Waals surface area contributed by atoms with Crippen LogP contribution in [0.15, 0.2) is 42.5 Å². The number of ketones is 1. The predicted molar refractivity (Wildman–Crippen MR) is 103 cm³/mol. The number of hydrogen-bond donors (Lipinski definition) is 0. The van der Waals surface area contributed by atoms with E-state index in [0.29, 0.717) is 0 Å². The molecular formula is C20H13ClF6N2O4. The molecule has 0 fully saturated rings. The molecule has 0 bridgehead atoms. The van der Waals surface area contributed by atoms with Crippen LogP contribution in [0.1, 0.15) is 33.3 Å². The van der Waals surface area contributed by atoms with Crippen LogP contribution in [0.3, 0.4) is 0 Å². The summed E-state index contributed by atoms with van der Waals surface area (Å²) in [6.07, 6.45) is -16.3. The Morgan fingerprint density at radius 3 is 2.18 bits per heavy atom. The van der Waals surface area contributed by atoms with Crippen molar-refractivity contribution in [2.45, 2.75) is 31.9 Å². The van der Waals surface area contributed by atoms with Crippen molar-refractivity contribution in [2.75, 3.05) is 0 Å². The van der Waals surface area contributed by atoms with Crippen LogP contribution in [-0.2, 0) is 11.3 Å². The minimum atomic E-state index is -5.93. The topological polar surface area (TPSA) is 75.2 Å². The number of hydrogen-bond acceptors (Lipinski definition) is 4. The Morgan fingerprint density at radius 1 is 1.06 bits per heavy atom. The molecule has 0 saturated carbocycles. The summed E-state index contributed by atoms with van der Waals surface area (Å²) in [7, 11) is 0. The summed E-state index contributed by atoms with van der Waals surface area (Å²) in [5.74, 6) is -3.13. The Bertz CT molecular complexity index is 1220. The van der Waals surface area contributed by atoms with Crippen molar-refractivity contribution >= 4 is 34.3 Å². The molecule has 0 unspecified atom stereocenters. The van der Waals surface area contributed by atoms with Crippen molar-refractivity contribution in [3.05, 3.63) is 69.5 Å². The second-order valence-corrected chi connectivity index (χ2v) is 7.18. The smallest absolute Gasteiger partial charge is 0.434 e. The predicted octanol–water partition coefficient (Wildman–Crippen LogP) is 4.83. The van der Waals surface area contributed by atoms with E-state index in [0.717, 1.165) is 22.9 Å². The largest absolute Gasteiger partial charge is 0.595 e. The van der Waals surface area contributed by atoms with Gasteiger partial charge in [0.1, 0.15) is 5.52 Å². The lowest BCUT2D eigenvalue weighted by Gasteiger charge is -2.23. The van der Waals surface area contributed by atoms with Gasteiger partial charge in [0.05, 0.1) is 17.5 Å². The number of fused-ring (bicyclic) bond motifs is 1. The number of alkyl halides is 6.